The molecule has 0 radical (unpaired) electrons. The van der Waals surface area contributed by atoms with Crippen molar-refractivity contribution < 1.29 is 9.32 Å². The third-order valence-corrected chi connectivity index (χ3v) is 4.02. The molecule has 1 saturated heterocycles. The fourth-order valence-electron chi connectivity index (χ4n) is 2.52. The molecule has 0 aromatic carbocycles. The molecule has 20 heavy (non-hydrogen) atoms. The number of hydrogen-bond donors (Lipinski definition) is 1. The third-order valence-electron chi connectivity index (χ3n) is 4.02. The molecule has 2 rings (SSSR count). The Labute approximate surface area is 120 Å². The van der Waals surface area contributed by atoms with Crippen LogP contribution < -0.4 is 5.32 Å². The van der Waals surface area contributed by atoms with Crippen LogP contribution in [0.1, 0.15) is 56.8 Å². The number of amides is 1. The van der Waals surface area contributed by atoms with Crippen molar-refractivity contribution >= 4 is 5.91 Å². The molecule has 0 bridgehead atoms. The predicted octanol–water partition coefficient (Wildman–Crippen LogP) is 2.26. The average Bonchev–Trinajstić information content (AvgIpc) is 2.97. The van der Waals surface area contributed by atoms with Gasteiger partial charge in [0.2, 0.25) is 0 Å². The number of nitrogens with zero attached hydrogens (tertiary/aromatic N) is 2. The first-order chi connectivity index (χ1) is 9.38. The Morgan fingerprint density at radius 1 is 1.40 bits per heavy atom. The molecule has 1 aromatic heterocycles. The van der Waals surface area contributed by atoms with E-state index >= 15 is 0 Å². The minimum absolute atomic E-state index is 0.136. The molecule has 1 aliphatic heterocycles. The van der Waals surface area contributed by atoms with Crippen LogP contribution in [-0.2, 0) is 0 Å². The Kier molecular flexibility index (Phi) is 4.48. The van der Waals surface area contributed by atoms with Crippen molar-refractivity contribution in [1.82, 2.24) is 15.4 Å². The van der Waals surface area contributed by atoms with Crippen molar-refractivity contribution in [2.75, 3.05) is 13.1 Å². The van der Waals surface area contributed by atoms with Crippen molar-refractivity contribution in [2.45, 2.75) is 52.6 Å². The molecule has 0 spiro atoms. The lowest BCUT2D eigenvalue weighted by Crippen LogP contribution is -2.40. The Bertz CT molecular complexity index is 467. The van der Waals surface area contributed by atoms with Crippen LogP contribution in [-0.4, -0.2) is 41.1 Å². The lowest BCUT2D eigenvalue weighted by molar-refractivity contribution is 0.0921. The zero-order valence-electron chi connectivity index (χ0n) is 13.0. The van der Waals surface area contributed by atoms with Crippen LogP contribution in [0.5, 0.6) is 0 Å². The van der Waals surface area contributed by atoms with Crippen LogP contribution >= 0.6 is 0 Å². The molecule has 112 valence electrons. The molecule has 2 heterocycles. The number of rotatable bonds is 4. The molecule has 0 aliphatic carbocycles. The maximum absolute atomic E-state index is 12.2. The summed E-state index contributed by atoms with van der Waals surface area (Å²) in [5.41, 5.74) is 0.379. The molecule has 0 saturated carbocycles. The van der Waals surface area contributed by atoms with E-state index in [2.05, 4.69) is 36.1 Å². The lowest BCUT2D eigenvalue weighted by Gasteiger charge is -2.20. The van der Waals surface area contributed by atoms with Crippen molar-refractivity contribution in [3.05, 3.63) is 17.5 Å². The first-order valence-electron chi connectivity index (χ1n) is 7.40. The van der Waals surface area contributed by atoms with E-state index in [0.717, 1.165) is 18.8 Å². The molecular formula is C15H25N3O2. The molecular weight excluding hydrogens is 254 g/mol. The van der Waals surface area contributed by atoms with Crippen LogP contribution in [0, 0.1) is 5.92 Å². The van der Waals surface area contributed by atoms with E-state index in [1.807, 2.05) is 13.8 Å². The van der Waals surface area contributed by atoms with Gasteiger partial charge >= 0.3 is 0 Å². The smallest absolute Gasteiger partial charge is 0.273 e. The second kappa shape index (κ2) is 5.95. The van der Waals surface area contributed by atoms with Gasteiger partial charge in [-0.1, -0.05) is 25.9 Å². The monoisotopic (exact) mass is 279 g/mol. The highest BCUT2D eigenvalue weighted by molar-refractivity contribution is 5.92. The number of nitrogens with one attached hydrogen (secondary N) is 1. The van der Waals surface area contributed by atoms with Gasteiger partial charge in [0, 0.05) is 37.2 Å². The number of aromatic nitrogens is 1. The van der Waals surface area contributed by atoms with Gasteiger partial charge in [0.05, 0.1) is 0 Å². The minimum atomic E-state index is -0.136. The zero-order chi connectivity index (χ0) is 14.9. The van der Waals surface area contributed by atoms with E-state index in [1.54, 1.807) is 6.07 Å². The van der Waals surface area contributed by atoms with E-state index in [0.29, 0.717) is 17.7 Å². The number of likely N-dealkylation sites (tertiary alicyclic amines) is 1. The van der Waals surface area contributed by atoms with Crippen LogP contribution in [0.4, 0.5) is 0 Å². The molecule has 1 aromatic rings. The predicted molar refractivity (Wildman–Crippen MR) is 77.7 cm³/mol. The van der Waals surface area contributed by atoms with Crippen molar-refractivity contribution in [1.29, 1.82) is 0 Å². The summed E-state index contributed by atoms with van der Waals surface area (Å²) in [6.07, 6.45) is 0. The van der Waals surface area contributed by atoms with E-state index in [4.69, 9.17) is 4.52 Å². The van der Waals surface area contributed by atoms with Crippen LogP contribution in [0.2, 0.25) is 0 Å². The van der Waals surface area contributed by atoms with E-state index in [1.165, 1.54) is 0 Å². The molecule has 1 fully saturated rings. The second-order valence-electron chi connectivity index (χ2n) is 6.37. The SMILES string of the molecule is CC(C)c1cc(C(=O)N[C@H]2CN(C(C)C)C[C@H]2C)no1. The third kappa shape index (κ3) is 3.20. The first-order valence-corrected chi connectivity index (χ1v) is 7.40. The minimum Gasteiger partial charge on any atom is -0.360 e. The van der Waals surface area contributed by atoms with E-state index in [9.17, 15) is 4.79 Å². The topological polar surface area (TPSA) is 58.4 Å². The van der Waals surface area contributed by atoms with Gasteiger partial charge in [0.25, 0.3) is 5.91 Å². The van der Waals surface area contributed by atoms with Gasteiger partial charge in [0.1, 0.15) is 5.76 Å². The Morgan fingerprint density at radius 3 is 2.60 bits per heavy atom. The fourth-order valence-corrected chi connectivity index (χ4v) is 2.52. The summed E-state index contributed by atoms with van der Waals surface area (Å²) < 4.78 is 5.18. The largest absolute Gasteiger partial charge is 0.360 e. The first kappa shape index (κ1) is 15.0. The van der Waals surface area contributed by atoms with Gasteiger partial charge in [-0.05, 0) is 19.8 Å². The molecule has 1 aliphatic rings. The standard InChI is InChI=1S/C15H25N3O2/c1-9(2)14-6-12(17-20-14)15(19)16-13-8-18(10(3)4)7-11(13)5/h6,9-11,13H,7-8H2,1-5H3,(H,16,19)/t11-,13+/m1/s1. The Hall–Kier alpha value is -1.36. The highest BCUT2D eigenvalue weighted by atomic mass is 16.5. The summed E-state index contributed by atoms with van der Waals surface area (Å²) in [4.78, 5) is 14.6. The van der Waals surface area contributed by atoms with E-state index < -0.39 is 0 Å². The van der Waals surface area contributed by atoms with Crippen LogP contribution in [0.25, 0.3) is 0 Å². The summed E-state index contributed by atoms with van der Waals surface area (Å²) in [5.74, 6) is 1.31. The fraction of sp³-hybridized carbons (Fsp3) is 0.733. The number of carbonyl (C=O) groups is 1. The highest BCUT2D eigenvalue weighted by Crippen LogP contribution is 2.20. The van der Waals surface area contributed by atoms with Crippen LogP contribution in [0.15, 0.2) is 10.6 Å². The van der Waals surface area contributed by atoms with Crippen molar-refractivity contribution in [3.63, 3.8) is 0 Å². The maximum atomic E-state index is 12.2. The maximum Gasteiger partial charge on any atom is 0.273 e. The molecule has 1 N–H and O–H groups in total. The Morgan fingerprint density at radius 2 is 2.10 bits per heavy atom. The molecule has 1 amide bonds. The summed E-state index contributed by atoms with van der Waals surface area (Å²) >= 11 is 0. The number of hydrogen-bond acceptors (Lipinski definition) is 4. The molecule has 0 unspecified atom stereocenters. The Balaban J connectivity index is 1.97. The zero-order valence-corrected chi connectivity index (χ0v) is 13.0. The summed E-state index contributed by atoms with van der Waals surface area (Å²) in [6, 6.07) is 2.43. The van der Waals surface area contributed by atoms with Gasteiger partial charge in [0.15, 0.2) is 5.69 Å². The van der Waals surface area contributed by atoms with Crippen molar-refractivity contribution in [3.8, 4) is 0 Å². The lowest BCUT2D eigenvalue weighted by atomic mass is 10.1. The van der Waals surface area contributed by atoms with Crippen LogP contribution in [0.3, 0.4) is 0 Å². The summed E-state index contributed by atoms with van der Waals surface area (Å²) in [7, 11) is 0. The van der Waals surface area contributed by atoms with Crippen molar-refractivity contribution in [2.24, 2.45) is 5.92 Å². The molecule has 5 nitrogen and oxygen atoms in total. The second-order valence-corrected chi connectivity index (χ2v) is 6.37. The van der Waals surface area contributed by atoms with Gasteiger partial charge in [-0.3, -0.25) is 9.69 Å². The highest BCUT2D eigenvalue weighted by Gasteiger charge is 2.32. The van der Waals surface area contributed by atoms with Gasteiger partial charge in [-0.25, -0.2) is 0 Å². The van der Waals surface area contributed by atoms with Gasteiger partial charge < -0.3 is 9.84 Å². The normalized spacial score (nSPS) is 23.8. The van der Waals surface area contributed by atoms with E-state index in [-0.39, 0.29) is 17.9 Å². The summed E-state index contributed by atoms with van der Waals surface area (Å²) in [5, 5.41) is 6.94. The molecule has 2 atom stereocenters. The van der Waals surface area contributed by atoms with Gasteiger partial charge in [-0.2, -0.15) is 0 Å². The average molecular weight is 279 g/mol. The van der Waals surface area contributed by atoms with Gasteiger partial charge in [-0.15, -0.1) is 0 Å². The number of carbonyl (C=O) groups excluding carboxylic acids is 1. The quantitative estimate of drug-likeness (QED) is 0.918. The molecule has 5 heteroatoms. The summed E-state index contributed by atoms with van der Waals surface area (Å²) in [6.45, 7) is 12.5.